The van der Waals surface area contributed by atoms with Crippen LogP contribution in [-0.2, 0) is 4.79 Å². The molecule has 2 N–H and O–H groups in total. The van der Waals surface area contributed by atoms with Crippen LogP contribution in [0.5, 0.6) is 0 Å². The van der Waals surface area contributed by atoms with Crippen LogP contribution in [0.4, 0.5) is 8.78 Å². The summed E-state index contributed by atoms with van der Waals surface area (Å²) < 4.78 is 25.2. The maximum Gasteiger partial charge on any atom is 0.255 e. The summed E-state index contributed by atoms with van der Waals surface area (Å²) in [6, 6.07) is 8.78. The van der Waals surface area contributed by atoms with Gasteiger partial charge in [-0.3, -0.25) is 4.79 Å². The lowest BCUT2D eigenvalue weighted by molar-refractivity contribution is -0.138. The summed E-state index contributed by atoms with van der Waals surface area (Å²) in [5, 5.41) is 0. The molecule has 1 aliphatic rings. The van der Waals surface area contributed by atoms with E-state index in [1.165, 1.54) is 4.90 Å². The van der Waals surface area contributed by atoms with Gasteiger partial charge in [0, 0.05) is 12.1 Å². The molecule has 2 rings (SSSR count). The molecule has 0 saturated heterocycles. The monoisotopic (exact) mass is 318 g/mol. The first-order valence-corrected chi connectivity index (χ1v) is 6.90. The fourth-order valence-electron chi connectivity index (χ4n) is 2.33. The predicted octanol–water partition coefficient (Wildman–Crippen LogP) is 3.00. The highest BCUT2D eigenvalue weighted by atomic mass is 35.5. The van der Waals surface area contributed by atoms with Crippen LogP contribution in [0.3, 0.4) is 0 Å². The lowest BCUT2D eigenvalue weighted by Crippen LogP contribution is -2.43. The van der Waals surface area contributed by atoms with Crippen LogP contribution in [0.15, 0.2) is 30.3 Å². The highest BCUT2D eigenvalue weighted by Gasteiger charge is 2.37. The molecule has 0 bridgehead atoms. The molecule has 2 atom stereocenters. The number of carbonyl (C=O) groups excluding carboxylic acids is 1. The molecule has 0 spiro atoms. The molecular weight excluding hydrogens is 298 g/mol. The number of carbonyl (C=O) groups is 1. The van der Waals surface area contributed by atoms with E-state index >= 15 is 0 Å². The molecule has 0 aliphatic heterocycles. The van der Waals surface area contributed by atoms with E-state index in [9.17, 15) is 13.6 Å². The van der Waals surface area contributed by atoms with Crippen molar-refractivity contribution in [3.05, 3.63) is 35.9 Å². The Labute approximate surface area is 129 Å². The summed E-state index contributed by atoms with van der Waals surface area (Å²) in [7, 11) is 0. The standard InChI is InChI=1S/C15H20F2N2O.ClH/c1-10(14(18)11-5-3-2-4-6-11)15(20)19(9-13(16)17)12-7-8-12;/h2-6,10,12-14H,7-9,18H2,1H3;1H. The lowest BCUT2D eigenvalue weighted by Gasteiger charge is -2.28. The smallest absolute Gasteiger partial charge is 0.255 e. The first-order valence-electron chi connectivity index (χ1n) is 6.90. The Bertz CT molecular complexity index is 454. The molecule has 6 heteroatoms. The Kier molecular flexibility index (Phi) is 6.55. The van der Waals surface area contributed by atoms with Gasteiger partial charge in [0.05, 0.1) is 12.5 Å². The van der Waals surface area contributed by atoms with Gasteiger partial charge in [-0.15, -0.1) is 12.4 Å². The summed E-state index contributed by atoms with van der Waals surface area (Å²) >= 11 is 0. The van der Waals surface area contributed by atoms with Gasteiger partial charge in [-0.05, 0) is 18.4 Å². The molecule has 21 heavy (non-hydrogen) atoms. The number of benzene rings is 1. The normalized spacial score (nSPS) is 17.0. The molecule has 0 radical (unpaired) electrons. The quantitative estimate of drug-likeness (QED) is 0.876. The molecule has 1 saturated carbocycles. The van der Waals surface area contributed by atoms with Gasteiger partial charge in [0.25, 0.3) is 6.43 Å². The van der Waals surface area contributed by atoms with E-state index < -0.39 is 24.9 Å². The maximum absolute atomic E-state index is 12.6. The fourth-order valence-corrected chi connectivity index (χ4v) is 2.33. The zero-order chi connectivity index (χ0) is 14.7. The molecule has 0 heterocycles. The zero-order valence-corrected chi connectivity index (χ0v) is 12.7. The van der Waals surface area contributed by atoms with Crippen LogP contribution < -0.4 is 5.73 Å². The van der Waals surface area contributed by atoms with Gasteiger partial charge in [0.2, 0.25) is 5.91 Å². The highest BCUT2D eigenvalue weighted by Crippen LogP contribution is 2.31. The Morgan fingerprint density at radius 1 is 1.33 bits per heavy atom. The van der Waals surface area contributed by atoms with Crippen molar-refractivity contribution in [3.63, 3.8) is 0 Å². The second-order valence-corrected chi connectivity index (χ2v) is 5.34. The summed E-state index contributed by atoms with van der Waals surface area (Å²) in [6.07, 6.45) is -0.878. The number of rotatable bonds is 6. The third kappa shape index (κ3) is 4.64. The molecule has 2 unspecified atom stereocenters. The average molecular weight is 319 g/mol. The minimum atomic E-state index is -2.50. The van der Waals surface area contributed by atoms with Crippen molar-refractivity contribution in [2.24, 2.45) is 11.7 Å². The van der Waals surface area contributed by atoms with Crippen molar-refractivity contribution >= 4 is 18.3 Å². The molecule has 1 fully saturated rings. The number of amides is 1. The highest BCUT2D eigenvalue weighted by molar-refractivity contribution is 5.85. The second kappa shape index (κ2) is 7.71. The van der Waals surface area contributed by atoms with Crippen LogP contribution in [0.2, 0.25) is 0 Å². The lowest BCUT2D eigenvalue weighted by atomic mass is 9.94. The fraction of sp³-hybridized carbons (Fsp3) is 0.533. The molecule has 118 valence electrons. The van der Waals surface area contributed by atoms with Gasteiger partial charge in [-0.25, -0.2) is 8.78 Å². The Morgan fingerprint density at radius 2 is 1.90 bits per heavy atom. The van der Waals surface area contributed by atoms with Crippen LogP contribution >= 0.6 is 12.4 Å². The summed E-state index contributed by atoms with van der Waals surface area (Å²) in [4.78, 5) is 13.7. The molecule has 1 amide bonds. The van der Waals surface area contributed by atoms with E-state index in [4.69, 9.17) is 5.73 Å². The topological polar surface area (TPSA) is 46.3 Å². The number of nitrogens with zero attached hydrogens (tertiary/aromatic N) is 1. The Balaban J connectivity index is 0.00000220. The molecule has 1 aliphatic carbocycles. The minimum Gasteiger partial charge on any atom is -0.334 e. The van der Waals surface area contributed by atoms with E-state index in [1.807, 2.05) is 30.3 Å². The summed E-state index contributed by atoms with van der Waals surface area (Å²) in [5.74, 6) is -0.777. The first-order chi connectivity index (χ1) is 9.50. The first kappa shape index (κ1) is 17.9. The number of halogens is 3. The average Bonchev–Trinajstić information content (AvgIpc) is 3.27. The van der Waals surface area contributed by atoms with Crippen molar-refractivity contribution < 1.29 is 13.6 Å². The van der Waals surface area contributed by atoms with E-state index in [0.29, 0.717) is 0 Å². The maximum atomic E-state index is 12.6. The van der Waals surface area contributed by atoms with E-state index in [0.717, 1.165) is 18.4 Å². The number of hydrogen-bond acceptors (Lipinski definition) is 2. The largest absolute Gasteiger partial charge is 0.334 e. The van der Waals surface area contributed by atoms with Crippen molar-refractivity contribution in [2.75, 3.05) is 6.54 Å². The number of alkyl halides is 2. The molecular formula is C15H21ClF2N2O. The van der Waals surface area contributed by atoms with Crippen molar-refractivity contribution in [3.8, 4) is 0 Å². The summed E-state index contributed by atoms with van der Waals surface area (Å²) in [6.45, 7) is 1.22. The summed E-state index contributed by atoms with van der Waals surface area (Å²) in [5.41, 5.74) is 6.94. The van der Waals surface area contributed by atoms with Crippen molar-refractivity contribution in [1.29, 1.82) is 0 Å². The van der Waals surface area contributed by atoms with Gasteiger partial charge >= 0.3 is 0 Å². The van der Waals surface area contributed by atoms with Crippen LogP contribution in [0.25, 0.3) is 0 Å². The van der Waals surface area contributed by atoms with Crippen molar-refractivity contribution in [1.82, 2.24) is 4.90 Å². The van der Waals surface area contributed by atoms with Gasteiger partial charge in [0.1, 0.15) is 0 Å². The third-order valence-electron chi connectivity index (χ3n) is 3.72. The van der Waals surface area contributed by atoms with Gasteiger partial charge < -0.3 is 10.6 Å². The second-order valence-electron chi connectivity index (χ2n) is 5.34. The van der Waals surface area contributed by atoms with E-state index in [1.54, 1.807) is 6.92 Å². The van der Waals surface area contributed by atoms with Gasteiger partial charge in [-0.2, -0.15) is 0 Å². The SMILES string of the molecule is CC(C(=O)N(CC(F)F)C1CC1)C(N)c1ccccc1.Cl. The molecule has 0 aromatic heterocycles. The molecule has 1 aromatic rings. The number of nitrogens with two attached hydrogens (primary N) is 1. The Hall–Kier alpha value is -1.20. The zero-order valence-electron chi connectivity index (χ0n) is 11.9. The van der Waals surface area contributed by atoms with Gasteiger partial charge in [0.15, 0.2) is 0 Å². The molecule has 3 nitrogen and oxygen atoms in total. The van der Waals surface area contributed by atoms with Crippen LogP contribution in [0.1, 0.15) is 31.4 Å². The third-order valence-corrected chi connectivity index (χ3v) is 3.72. The van der Waals surface area contributed by atoms with Crippen molar-refractivity contribution in [2.45, 2.75) is 38.3 Å². The van der Waals surface area contributed by atoms with Crippen LogP contribution in [0, 0.1) is 5.92 Å². The van der Waals surface area contributed by atoms with Crippen LogP contribution in [-0.4, -0.2) is 29.8 Å². The van der Waals surface area contributed by atoms with E-state index in [-0.39, 0.29) is 24.4 Å². The van der Waals surface area contributed by atoms with Gasteiger partial charge in [-0.1, -0.05) is 37.3 Å². The number of hydrogen-bond donors (Lipinski definition) is 1. The Morgan fingerprint density at radius 3 is 2.38 bits per heavy atom. The van der Waals surface area contributed by atoms with E-state index in [2.05, 4.69) is 0 Å². The molecule has 1 aromatic carbocycles. The predicted molar refractivity (Wildman–Crippen MR) is 80.5 cm³/mol. The minimum absolute atomic E-state index is 0.